The minimum atomic E-state index is -0.474. The summed E-state index contributed by atoms with van der Waals surface area (Å²) in [4.78, 5) is 12.2. The second kappa shape index (κ2) is 7.95. The van der Waals surface area contributed by atoms with Crippen LogP contribution < -0.4 is 5.32 Å². The second-order valence-corrected chi connectivity index (χ2v) is 5.06. The van der Waals surface area contributed by atoms with Crippen LogP contribution in [0.5, 0.6) is 0 Å². The predicted molar refractivity (Wildman–Crippen MR) is 79.0 cm³/mol. The third kappa shape index (κ3) is 5.03. The Bertz CT molecular complexity index is 378. The molecule has 106 valence electrons. The molecule has 0 aliphatic rings. The maximum absolute atomic E-state index is 12.2. The number of nitrogens with one attached hydrogen (secondary N) is 1. The van der Waals surface area contributed by atoms with Gasteiger partial charge in [-0.2, -0.15) is 0 Å². The van der Waals surface area contributed by atoms with Gasteiger partial charge < -0.3 is 10.4 Å². The number of benzene rings is 1. The second-order valence-electron chi connectivity index (χ2n) is 5.06. The van der Waals surface area contributed by atoms with Gasteiger partial charge in [-0.15, -0.1) is 0 Å². The van der Waals surface area contributed by atoms with E-state index in [-0.39, 0.29) is 11.8 Å². The molecule has 19 heavy (non-hydrogen) atoms. The van der Waals surface area contributed by atoms with Crippen LogP contribution in [0.2, 0.25) is 0 Å². The van der Waals surface area contributed by atoms with Crippen LogP contribution in [0.3, 0.4) is 0 Å². The summed E-state index contributed by atoms with van der Waals surface area (Å²) in [5.41, 5.74) is 1.66. The highest BCUT2D eigenvalue weighted by Gasteiger charge is 2.16. The zero-order chi connectivity index (χ0) is 14.3. The van der Waals surface area contributed by atoms with Gasteiger partial charge in [0.25, 0.3) is 0 Å². The first kappa shape index (κ1) is 15.7. The van der Waals surface area contributed by atoms with E-state index in [1.54, 1.807) is 6.92 Å². The first-order chi connectivity index (χ1) is 9.08. The van der Waals surface area contributed by atoms with Gasteiger partial charge in [0.1, 0.15) is 0 Å². The molecule has 0 saturated heterocycles. The fourth-order valence-electron chi connectivity index (χ4n) is 2.19. The van der Waals surface area contributed by atoms with Gasteiger partial charge in [0.2, 0.25) is 5.91 Å². The van der Waals surface area contributed by atoms with Crippen LogP contribution in [0, 0.1) is 5.92 Å². The lowest BCUT2D eigenvalue weighted by molar-refractivity contribution is -0.120. The largest absolute Gasteiger partial charge is 0.389 e. The van der Waals surface area contributed by atoms with Crippen molar-refractivity contribution >= 4 is 11.6 Å². The van der Waals surface area contributed by atoms with E-state index < -0.39 is 6.10 Å². The molecular weight excluding hydrogens is 238 g/mol. The smallest absolute Gasteiger partial charge is 0.227 e. The van der Waals surface area contributed by atoms with Crippen LogP contribution in [0.15, 0.2) is 24.3 Å². The number of aliphatic hydroxyl groups excluding tert-OH is 1. The van der Waals surface area contributed by atoms with Gasteiger partial charge in [-0.3, -0.25) is 4.79 Å². The summed E-state index contributed by atoms with van der Waals surface area (Å²) in [6.45, 7) is 5.94. The van der Waals surface area contributed by atoms with Gasteiger partial charge in [-0.25, -0.2) is 0 Å². The molecule has 0 radical (unpaired) electrons. The maximum Gasteiger partial charge on any atom is 0.227 e. The van der Waals surface area contributed by atoms with Crippen LogP contribution in [0.25, 0.3) is 0 Å². The van der Waals surface area contributed by atoms with E-state index in [9.17, 15) is 9.90 Å². The molecule has 0 fully saturated rings. The Morgan fingerprint density at radius 1 is 1.16 bits per heavy atom. The molecule has 1 atom stereocenters. The van der Waals surface area contributed by atoms with E-state index in [1.807, 2.05) is 24.3 Å². The van der Waals surface area contributed by atoms with Gasteiger partial charge in [0, 0.05) is 11.6 Å². The first-order valence-corrected chi connectivity index (χ1v) is 7.17. The average Bonchev–Trinajstić information content (AvgIpc) is 2.39. The first-order valence-electron chi connectivity index (χ1n) is 7.17. The molecule has 0 aliphatic carbocycles. The summed E-state index contributed by atoms with van der Waals surface area (Å²) >= 11 is 0. The van der Waals surface area contributed by atoms with Crippen molar-refractivity contribution in [2.24, 2.45) is 5.92 Å². The van der Waals surface area contributed by atoms with Gasteiger partial charge in [0.05, 0.1) is 6.10 Å². The number of hydrogen-bond acceptors (Lipinski definition) is 2. The molecular formula is C16H25NO2. The summed E-state index contributed by atoms with van der Waals surface area (Å²) in [6, 6.07) is 7.37. The normalized spacial score (nSPS) is 12.5. The molecule has 1 unspecified atom stereocenters. The molecule has 1 rings (SSSR count). The lowest BCUT2D eigenvalue weighted by Crippen LogP contribution is -2.22. The Hall–Kier alpha value is -1.35. The SMILES string of the molecule is CCCC(CCC)C(=O)Nc1ccc(C(C)O)cc1. The molecule has 2 N–H and O–H groups in total. The number of hydrogen-bond donors (Lipinski definition) is 2. The van der Waals surface area contributed by atoms with E-state index in [4.69, 9.17) is 0 Å². The molecule has 0 heterocycles. The Kier molecular flexibility index (Phi) is 6.57. The van der Waals surface area contributed by atoms with Crippen molar-refractivity contribution in [2.75, 3.05) is 5.32 Å². The standard InChI is InChI=1S/C16H25NO2/c1-4-6-14(7-5-2)16(19)17-15-10-8-13(9-11-15)12(3)18/h8-12,14,18H,4-7H2,1-3H3,(H,17,19). The van der Waals surface area contributed by atoms with E-state index in [1.165, 1.54) is 0 Å². The van der Waals surface area contributed by atoms with Gasteiger partial charge in [-0.1, -0.05) is 38.8 Å². The average molecular weight is 263 g/mol. The van der Waals surface area contributed by atoms with Crippen molar-refractivity contribution in [3.05, 3.63) is 29.8 Å². The molecule has 3 nitrogen and oxygen atoms in total. The van der Waals surface area contributed by atoms with Crippen LogP contribution in [0.1, 0.15) is 58.1 Å². The zero-order valence-electron chi connectivity index (χ0n) is 12.1. The highest BCUT2D eigenvalue weighted by molar-refractivity contribution is 5.92. The lowest BCUT2D eigenvalue weighted by atomic mass is 9.97. The Labute approximate surface area is 116 Å². The fourth-order valence-corrected chi connectivity index (χ4v) is 2.19. The molecule has 1 aromatic rings. The van der Waals surface area contributed by atoms with Crippen LogP contribution in [-0.2, 0) is 4.79 Å². The van der Waals surface area contributed by atoms with Crippen LogP contribution >= 0.6 is 0 Å². The van der Waals surface area contributed by atoms with Crippen molar-refractivity contribution in [3.8, 4) is 0 Å². The third-order valence-corrected chi connectivity index (χ3v) is 3.31. The van der Waals surface area contributed by atoms with Crippen molar-refractivity contribution in [1.82, 2.24) is 0 Å². The molecule has 3 heteroatoms. The molecule has 1 amide bonds. The topological polar surface area (TPSA) is 49.3 Å². The number of carbonyl (C=O) groups excluding carboxylic acids is 1. The van der Waals surface area contributed by atoms with E-state index in [0.717, 1.165) is 36.9 Å². The van der Waals surface area contributed by atoms with E-state index >= 15 is 0 Å². The minimum Gasteiger partial charge on any atom is -0.389 e. The lowest BCUT2D eigenvalue weighted by Gasteiger charge is -2.15. The van der Waals surface area contributed by atoms with E-state index in [0.29, 0.717) is 0 Å². The maximum atomic E-state index is 12.2. The Morgan fingerprint density at radius 2 is 1.68 bits per heavy atom. The third-order valence-electron chi connectivity index (χ3n) is 3.31. The summed E-state index contributed by atoms with van der Waals surface area (Å²) in [7, 11) is 0. The van der Waals surface area contributed by atoms with Crippen molar-refractivity contribution in [3.63, 3.8) is 0 Å². The monoisotopic (exact) mass is 263 g/mol. The molecule has 0 aliphatic heterocycles. The number of carbonyl (C=O) groups is 1. The summed E-state index contributed by atoms with van der Waals surface area (Å²) < 4.78 is 0. The number of aliphatic hydroxyl groups is 1. The van der Waals surface area contributed by atoms with Gasteiger partial charge in [0.15, 0.2) is 0 Å². The molecule has 0 bridgehead atoms. The summed E-state index contributed by atoms with van der Waals surface area (Å²) in [5, 5.41) is 12.4. The minimum absolute atomic E-state index is 0.103. The number of anilines is 1. The van der Waals surface area contributed by atoms with E-state index in [2.05, 4.69) is 19.2 Å². The summed E-state index contributed by atoms with van der Waals surface area (Å²) in [6.07, 6.45) is 3.45. The van der Waals surface area contributed by atoms with Crippen molar-refractivity contribution in [1.29, 1.82) is 0 Å². The van der Waals surface area contributed by atoms with Crippen molar-refractivity contribution < 1.29 is 9.90 Å². The van der Waals surface area contributed by atoms with Crippen LogP contribution in [-0.4, -0.2) is 11.0 Å². The Morgan fingerprint density at radius 3 is 2.11 bits per heavy atom. The molecule has 0 aromatic heterocycles. The molecule has 0 spiro atoms. The highest BCUT2D eigenvalue weighted by atomic mass is 16.3. The zero-order valence-corrected chi connectivity index (χ0v) is 12.1. The van der Waals surface area contributed by atoms with Gasteiger partial charge in [-0.05, 0) is 37.5 Å². The number of amides is 1. The predicted octanol–water partition coefficient (Wildman–Crippen LogP) is 3.89. The van der Waals surface area contributed by atoms with Gasteiger partial charge >= 0.3 is 0 Å². The summed E-state index contributed by atoms with van der Waals surface area (Å²) in [5.74, 6) is 0.208. The Balaban J connectivity index is 2.64. The van der Waals surface area contributed by atoms with Crippen molar-refractivity contribution in [2.45, 2.75) is 52.6 Å². The highest BCUT2D eigenvalue weighted by Crippen LogP contribution is 2.19. The van der Waals surface area contributed by atoms with Crippen LogP contribution in [0.4, 0.5) is 5.69 Å². The number of rotatable bonds is 7. The molecule has 1 aromatic carbocycles. The fraction of sp³-hybridized carbons (Fsp3) is 0.562. The molecule has 0 saturated carbocycles. The quantitative estimate of drug-likeness (QED) is 0.784.